The number of aromatic nitrogens is 3. The van der Waals surface area contributed by atoms with Crippen LogP contribution in [0.5, 0.6) is 5.75 Å². The first-order valence-corrected chi connectivity index (χ1v) is 7.38. The molecule has 112 valence electrons. The Hall–Kier alpha value is -1.88. The molecule has 0 aliphatic carbocycles. The molecule has 1 aromatic heterocycles. The van der Waals surface area contributed by atoms with Gasteiger partial charge in [-0.25, -0.2) is 4.68 Å². The van der Waals surface area contributed by atoms with Crippen molar-refractivity contribution < 1.29 is 9.53 Å². The van der Waals surface area contributed by atoms with Crippen LogP contribution in [0.2, 0.25) is 5.02 Å². The molecule has 21 heavy (non-hydrogen) atoms. The summed E-state index contributed by atoms with van der Waals surface area (Å²) >= 11 is 5.81. The van der Waals surface area contributed by atoms with Gasteiger partial charge in [0.15, 0.2) is 6.29 Å². The molecule has 0 atom stereocenters. The molecule has 2 rings (SSSR count). The van der Waals surface area contributed by atoms with E-state index in [0.29, 0.717) is 23.9 Å². The SMILES string of the molecule is CCCc1c(C=O)nnn1CCCOc1ccc(Cl)cc1. The van der Waals surface area contributed by atoms with Crippen molar-refractivity contribution in [3.8, 4) is 5.75 Å². The molecule has 5 nitrogen and oxygen atoms in total. The number of carbonyl (C=O) groups excluding carboxylic acids is 1. The third-order valence-electron chi connectivity index (χ3n) is 3.06. The average molecular weight is 308 g/mol. The highest BCUT2D eigenvalue weighted by atomic mass is 35.5. The zero-order valence-electron chi connectivity index (χ0n) is 12.0. The van der Waals surface area contributed by atoms with E-state index in [1.165, 1.54) is 0 Å². The topological polar surface area (TPSA) is 57.0 Å². The van der Waals surface area contributed by atoms with Crippen LogP contribution in [0.4, 0.5) is 0 Å². The van der Waals surface area contributed by atoms with Crippen molar-refractivity contribution in [3.63, 3.8) is 0 Å². The number of aldehydes is 1. The van der Waals surface area contributed by atoms with Gasteiger partial charge in [0.05, 0.1) is 12.3 Å². The highest BCUT2D eigenvalue weighted by Crippen LogP contribution is 2.15. The van der Waals surface area contributed by atoms with Crippen LogP contribution in [-0.2, 0) is 13.0 Å². The number of rotatable bonds is 8. The van der Waals surface area contributed by atoms with Crippen LogP contribution in [-0.4, -0.2) is 27.9 Å². The lowest BCUT2D eigenvalue weighted by atomic mass is 10.2. The lowest BCUT2D eigenvalue weighted by Crippen LogP contribution is -2.09. The zero-order chi connectivity index (χ0) is 15.1. The van der Waals surface area contributed by atoms with E-state index < -0.39 is 0 Å². The summed E-state index contributed by atoms with van der Waals surface area (Å²) in [5, 5.41) is 8.60. The van der Waals surface area contributed by atoms with E-state index in [1.807, 2.05) is 12.1 Å². The maximum absolute atomic E-state index is 10.9. The molecule has 0 radical (unpaired) electrons. The Kier molecular flexibility index (Phi) is 5.75. The van der Waals surface area contributed by atoms with E-state index in [2.05, 4.69) is 17.2 Å². The van der Waals surface area contributed by atoms with Crippen LogP contribution >= 0.6 is 11.6 Å². The van der Waals surface area contributed by atoms with Gasteiger partial charge in [-0.15, -0.1) is 5.10 Å². The van der Waals surface area contributed by atoms with E-state index in [0.717, 1.165) is 37.0 Å². The Labute approximate surface area is 128 Å². The standard InChI is InChI=1S/C15H18ClN3O2/c1-2-4-15-14(11-20)17-18-19(15)9-3-10-21-13-7-5-12(16)6-8-13/h5-8,11H,2-4,9-10H2,1H3. The summed E-state index contributed by atoms with van der Waals surface area (Å²) in [7, 11) is 0. The molecule has 0 amide bonds. The van der Waals surface area contributed by atoms with Crippen LogP contribution in [0, 0.1) is 0 Å². The Morgan fingerprint density at radius 2 is 2.10 bits per heavy atom. The Balaban J connectivity index is 1.84. The van der Waals surface area contributed by atoms with Crippen molar-refractivity contribution in [3.05, 3.63) is 40.7 Å². The van der Waals surface area contributed by atoms with Gasteiger partial charge >= 0.3 is 0 Å². The van der Waals surface area contributed by atoms with Crippen molar-refractivity contribution in [2.75, 3.05) is 6.61 Å². The lowest BCUT2D eigenvalue weighted by molar-refractivity contribution is 0.111. The maximum atomic E-state index is 10.9. The molecule has 0 aliphatic heterocycles. The van der Waals surface area contributed by atoms with Gasteiger partial charge in [0, 0.05) is 18.0 Å². The summed E-state index contributed by atoms with van der Waals surface area (Å²) in [6.07, 6.45) is 3.31. The Morgan fingerprint density at radius 3 is 2.76 bits per heavy atom. The quantitative estimate of drug-likeness (QED) is 0.555. The van der Waals surface area contributed by atoms with Gasteiger partial charge in [-0.05, 0) is 30.7 Å². The summed E-state index contributed by atoms with van der Waals surface area (Å²) in [4.78, 5) is 10.9. The molecule has 0 aliphatic rings. The molecule has 0 saturated carbocycles. The number of aryl methyl sites for hydroxylation is 1. The van der Waals surface area contributed by atoms with Gasteiger partial charge in [0.2, 0.25) is 0 Å². The van der Waals surface area contributed by atoms with Gasteiger partial charge in [-0.1, -0.05) is 30.2 Å². The lowest BCUT2D eigenvalue weighted by Gasteiger charge is -2.08. The molecule has 2 aromatic rings. The minimum atomic E-state index is 0.440. The molecule has 6 heteroatoms. The summed E-state index contributed by atoms with van der Waals surface area (Å²) < 4.78 is 7.42. The van der Waals surface area contributed by atoms with Crippen LogP contribution < -0.4 is 4.74 Å². The monoisotopic (exact) mass is 307 g/mol. The average Bonchev–Trinajstić information content (AvgIpc) is 2.88. The van der Waals surface area contributed by atoms with E-state index >= 15 is 0 Å². The second-order valence-corrected chi connectivity index (χ2v) is 5.10. The summed E-state index contributed by atoms with van der Waals surface area (Å²) in [6.45, 7) is 3.32. The van der Waals surface area contributed by atoms with Gasteiger partial charge in [0.1, 0.15) is 11.4 Å². The number of ether oxygens (including phenoxy) is 1. The van der Waals surface area contributed by atoms with Crippen molar-refractivity contribution in [2.24, 2.45) is 0 Å². The number of hydrogen-bond donors (Lipinski definition) is 0. The van der Waals surface area contributed by atoms with Crippen molar-refractivity contribution >= 4 is 17.9 Å². The molecule has 1 aromatic carbocycles. The molecule has 0 unspecified atom stereocenters. The molecular formula is C15H18ClN3O2. The third kappa shape index (κ3) is 4.29. The summed E-state index contributed by atoms with van der Waals surface area (Å²) in [5.74, 6) is 0.792. The molecule has 0 N–H and O–H groups in total. The molecule has 0 bridgehead atoms. The number of carbonyl (C=O) groups is 1. The van der Waals surface area contributed by atoms with E-state index in [-0.39, 0.29) is 0 Å². The first-order valence-electron chi connectivity index (χ1n) is 7.00. The predicted molar refractivity (Wildman–Crippen MR) is 81.0 cm³/mol. The highest BCUT2D eigenvalue weighted by molar-refractivity contribution is 6.30. The number of nitrogens with zero attached hydrogens (tertiary/aromatic N) is 3. The second kappa shape index (κ2) is 7.78. The molecule has 0 fully saturated rings. The Bertz CT molecular complexity index is 581. The molecular weight excluding hydrogens is 290 g/mol. The Morgan fingerprint density at radius 1 is 1.33 bits per heavy atom. The molecule has 0 spiro atoms. The largest absolute Gasteiger partial charge is 0.494 e. The number of hydrogen-bond acceptors (Lipinski definition) is 4. The van der Waals surface area contributed by atoms with E-state index in [1.54, 1.807) is 16.8 Å². The van der Waals surface area contributed by atoms with E-state index in [9.17, 15) is 4.79 Å². The predicted octanol–water partition coefficient (Wildman–Crippen LogP) is 3.17. The molecule has 0 saturated heterocycles. The fourth-order valence-corrected chi connectivity index (χ4v) is 2.17. The second-order valence-electron chi connectivity index (χ2n) is 4.67. The smallest absolute Gasteiger partial charge is 0.172 e. The van der Waals surface area contributed by atoms with Crippen LogP contribution in [0.25, 0.3) is 0 Å². The van der Waals surface area contributed by atoms with E-state index in [4.69, 9.17) is 16.3 Å². The fraction of sp³-hybridized carbons (Fsp3) is 0.400. The third-order valence-corrected chi connectivity index (χ3v) is 3.31. The van der Waals surface area contributed by atoms with Crippen LogP contribution in [0.15, 0.2) is 24.3 Å². The number of halogens is 1. The fourth-order valence-electron chi connectivity index (χ4n) is 2.05. The first-order chi connectivity index (χ1) is 10.2. The van der Waals surface area contributed by atoms with Gasteiger partial charge in [-0.2, -0.15) is 0 Å². The van der Waals surface area contributed by atoms with Crippen molar-refractivity contribution in [2.45, 2.75) is 32.7 Å². The van der Waals surface area contributed by atoms with Crippen molar-refractivity contribution in [1.29, 1.82) is 0 Å². The van der Waals surface area contributed by atoms with Crippen LogP contribution in [0.3, 0.4) is 0 Å². The highest BCUT2D eigenvalue weighted by Gasteiger charge is 2.10. The van der Waals surface area contributed by atoms with Gasteiger partial charge in [-0.3, -0.25) is 4.79 Å². The van der Waals surface area contributed by atoms with Crippen LogP contribution in [0.1, 0.15) is 35.9 Å². The van der Waals surface area contributed by atoms with Gasteiger partial charge < -0.3 is 4.74 Å². The minimum absolute atomic E-state index is 0.440. The summed E-state index contributed by atoms with van der Waals surface area (Å²) in [5.41, 5.74) is 1.34. The normalized spacial score (nSPS) is 10.6. The first kappa shape index (κ1) is 15.5. The zero-order valence-corrected chi connectivity index (χ0v) is 12.7. The number of benzene rings is 1. The molecule has 1 heterocycles. The minimum Gasteiger partial charge on any atom is -0.494 e. The maximum Gasteiger partial charge on any atom is 0.172 e. The summed E-state index contributed by atoms with van der Waals surface area (Å²) in [6, 6.07) is 7.27. The van der Waals surface area contributed by atoms with Crippen molar-refractivity contribution in [1.82, 2.24) is 15.0 Å². The van der Waals surface area contributed by atoms with Gasteiger partial charge in [0.25, 0.3) is 0 Å².